The Balaban J connectivity index is 2.22. The molecule has 0 amide bonds. The highest BCUT2D eigenvalue weighted by atomic mass is 19.3. The van der Waals surface area contributed by atoms with E-state index in [1.165, 1.54) is 6.20 Å². The van der Waals surface area contributed by atoms with E-state index in [1.54, 1.807) is 0 Å². The highest BCUT2D eigenvalue weighted by Gasteiger charge is 2.42. The first-order valence-corrected chi connectivity index (χ1v) is 6.17. The molecule has 2 aromatic heterocycles. The molecule has 0 aromatic carbocycles. The molecule has 0 unspecified atom stereocenters. The second-order valence-corrected chi connectivity index (χ2v) is 4.26. The van der Waals surface area contributed by atoms with Crippen LogP contribution in [0.3, 0.4) is 0 Å². The number of hydrogen-bond donors (Lipinski definition) is 2. The van der Waals surface area contributed by atoms with Gasteiger partial charge < -0.3 is 10.1 Å². The Kier molecular flexibility index (Phi) is 4.43. The summed E-state index contributed by atoms with van der Waals surface area (Å²) in [6.45, 7) is 1.00. The minimum absolute atomic E-state index is 0.143. The van der Waals surface area contributed by atoms with Crippen molar-refractivity contribution in [2.75, 3.05) is 18.5 Å². The lowest BCUT2D eigenvalue weighted by Gasteiger charge is -2.16. The van der Waals surface area contributed by atoms with Crippen molar-refractivity contribution in [3.63, 3.8) is 0 Å². The van der Waals surface area contributed by atoms with Crippen molar-refractivity contribution in [3.05, 3.63) is 6.20 Å². The molecule has 10 heteroatoms. The van der Waals surface area contributed by atoms with Crippen molar-refractivity contribution in [1.29, 1.82) is 0 Å². The van der Waals surface area contributed by atoms with Crippen molar-refractivity contribution in [2.24, 2.45) is 0 Å². The molecule has 0 aliphatic heterocycles. The first-order valence-electron chi connectivity index (χ1n) is 6.17. The molecule has 0 bridgehead atoms. The van der Waals surface area contributed by atoms with Crippen molar-refractivity contribution in [2.45, 2.75) is 25.7 Å². The zero-order valence-corrected chi connectivity index (χ0v) is 11.0. The number of fused-ring (bicyclic) bond motifs is 1. The number of rotatable bonds is 7. The van der Waals surface area contributed by atoms with Crippen LogP contribution in [0.2, 0.25) is 0 Å². The molecule has 2 N–H and O–H groups in total. The van der Waals surface area contributed by atoms with Crippen LogP contribution >= 0.6 is 0 Å². The third-order valence-electron chi connectivity index (χ3n) is 2.53. The molecule has 0 atom stereocenters. The molecule has 21 heavy (non-hydrogen) atoms. The average Bonchev–Trinajstić information content (AvgIpc) is 2.90. The Labute approximate surface area is 116 Å². The Morgan fingerprint density at radius 3 is 2.81 bits per heavy atom. The molecule has 6 nitrogen and oxygen atoms in total. The normalized spacial score (nSPS) is 12.1. The largest absolute Gasteiger partial charge is 0.470 e. The summed E-state index contributed by atoms with van der Waals surface area (Å²) in [5.41, 5.74) is 0.263. The number of ether oxygens (including phenoxy) is 1. The summed E-state index contributed by atoms with van der Waals surface area (Å²) in [5.74, 6) is -4.34. The summed E-state index contributed by atoms with van der Waals surface area (Å²) in [4.78, 5) is 7.95. The summed E-state index contributed by atoms with van der Waals surface area (Å²) in [6, 6.07) is 0. The second-order valence-electron chi connectivity index (χ2n) is 4.26. The molecule has 0 fully saturated rings. The molecule has 0 aliphatic carbocycles. The minimum atomic E-state index is -4.25. The van der Waals surface area contributed by atoms with Crippen LogP contribution < -0.4 is 10.1 Å². The van der Waals surface area contributed by atoms with Crippen LogP contribution in [-0.2, 0) is 0 Å². The molecule has 2 heterocycles. The molecule has 0 saturated carbocycles. The molecular formula is C11H13F4N5O. The number of anilines is 1. The van der Waals surface area contributed by atoms with Crippen LogP contribution in [0.25, 0.3) is 11.0 Å². The smallest absolute Gasteiger partial charge is 0.340 e. The Bertz CT molecular complexity index is 603. The van der Waals surface area contributed by atoms with E-state index in [0.717, 1.165) is 6.42 Å². The third kappa shape index (κ3) is 3.50. The van der Waals surface area contributed by atoms with Crippen LogP contribution in [0.4, 0.5) is 23.5 Å². The molecule has 2 aromatic rings. The van der Waals surface area contributed by atoms with E-state index in [9.17, 15) is 17.6 Å². The fourth-order valence-electron chi connectivity index (χ4n) is 1.46. The quantitative estimate of drug-likeness (QED) is 0.769. The molecule has 2 rings (SSSR count). The number of aromatic amines is 1. The van der Waals surface area contributed by atoms with E-state index in [0.29, 0.717) is 6.54 Å². The van der Waals surface area contributed by atoms with Crippen LogP contribution in [0, 0.1) is 0 Å². The number of aromatic nitrogens is 4. The topological polar surface area (TPSA) is 75.7 Å². The summed E-state index contributed by atoms with van der Waals surface area (Å²) in [5, 5.41) is 9.32. The molecule has 0 spiro atoms. The molecule has 116 valence electrons. The van der Waals surface area contributed by atoms with Gasteiger partial charge in [-0.3, -0.25) is 5.10 Å². The monoisotopic (exact) mass is 307 g/mol. The highest BCUT2D eigenvalue weighted by molar-refractivity contribution is 5.80. The maximum absolute atomic E-state index is 12.9. The van der Waals surface area contributed by atoms with Crippen molar-refractivity contribution in [1.82, 2.24) is 20.2 Å². The highest BCUT2D eigenvalue weighted by Crippen LogP contribution is 2.27. The van der Waals surface area contributed by atoms with E-state index >= 15 is 0 Å². The van der Waals surface area contributed by atoms with Gasteiger partial charge in [0, 0.05) is 6.54 Å². The Morgan fingerprint density at radius 1 is 1.38 bits per heavy atom. The van der Waals surface area contributed by atoms with Crippen molar-refractivity contribution < 1.29 is 22.3 Å². The number of nitrogens with zero attached hydrogens (tertiary/aromatic N) is 3. The standard InChI is InChI=1S/C11H13F4N5O/c1-2-3-16-10-18-7-6(4-17-20-7)8(19-10)21-5-11(14,15)9(12)13/h4,9H,2-3,5H2,1H3,(H2,16,17,18,19,20). The lowest BCUT2D eigenvalue weighted by Crippen LogP contribution is -2.34. The maximum atomic E-state index is 12.9. The molecular weight excluding hydrogens is 294 g/mol. The summed E-state index contributed by atoms with van der Waals surface area (Å²) in [7, 11) is 0. The van der Waals surface area contributed by atoms with E-state index in [2.05, 4.69) is 25.5 Å². The number of H-pyrrole nitrogens is 1. The molecule has 0 saturated heterocycles. The van der Waals surface area contributed by atoms with Gasteiger partial charge >= 0.3 is 12.3 Å². The van der Waals surface area contributed by atoms with Gasteiger partial charge in [-0.2, -0.15) is 23.8 Å². The fourth-order valence-corrected chi connectivity index (χ4v) is 1.46. The van der Waals surface area contributed by atoms with E-state index in [4.69, 9.17) is 4.74 Å². The van der Waals surface area contributed by atoms with E-state index < -0.39 is 19.0 Å². The molecule has 0 aliphatic rings. The van der Waals surface area contributed by atoms with Crippen molar-refractivity contribution >= 4 is 17.0 Å². The number of hydrogen-bond acceptors (Lipinski definition) is 5. The maximum Gasteiger partial charge on any atom is 0.340 e. The second kappa shape index (κ2) is 6.10. The van der Waals surface area contributed by atoms with Crippen LogP contribution in [0.5, 0.6) is 5.88 Å². The first kappa shape index (κ1) is 15.3. The number of nitrogens with one attached hydrogen (secondary N) is 2. The van der Waals surface area contributed by atoms with Gasteiger partial charge in [0.2, 0.25) is 11.8 Å². The fraction of sp³-hybridized carbons (Fsp3) is 0.545. The summed E-state index contributed by atoms with van der Waals surface area (Å²) < 4.78 is 54.8. The van der Waals surface area contributed by atoms with Crippen molar-refractivity contribution in [3.8, 4) is 5.88 Å². The van der Waals surface area contributed by atoms with Crippen LogP contribution in [-0.4, -0.2) is 45.7 Å². The van der Waals surface area contributed by atoms with Gasteiger partial charge in [-0.15, -0.1) is 0 Å². The van der Waals surface area contributed by atoms with Crippen LogP contribution in [0.15, 0.2) is 6.20 Å². The Hall–Kier alpha value is -2.13. The van der Waals surface area contributed by atoms with E-state index in [-0.39, 0.29) is 22.9 Å². The predicted octanol–water partition coefficient (Wildman–Crippen LogP) is 2.45. The average molecular weight is 307 g/mol. The predicted molar refractivity (Wildman–Crippen MR) is 66.9 cm³/mol. The van der Waals surface area contributed by atoms with Gasteiger partial charge in [0.1, 0.15) is 5.39 Å². The zero-order chi connectivity index (χ0) is 15.5. The van der Waals surface area contributed by atoms with Gasteiger partial charge in [0.05, 0.1) is 6.20 Å². The van der Waals surface area contributed by atoms with Gasteiger partial charge in [-0.05, 0) is 6.42 Å². The van der Waals surface area contributed by atoms with Gasteiger partial charge in [-0.25, -0.2) is 8.78 Å². The number of alkyl halides is 4. The van der Waals surface area contributed by atoms with E-state index in [1.807, 2.05) is 6.92 Å². The van der Waals surface area contributed by atoms with Gasteiger partial charge in [0.15, 0.2) is 12.3 Å². The number of halogens is 4. The van der Waals surface area contributed by atoms with Gasteiger partial charge in [-0.1, -0.05) is 6.92 Å². The zero-order valence-electron chi connectivity index (χ0n) is 11.0. The van der Waals surface area contributed by atoms with Gasteiger partial charge in [0.25, 0.3) is 0 Å². The third-order valence-corrected chi connectivity index (χ3v) is 2.53. The lowest BCUT2D eigenvalue weighted by atomic mass is 10.3. The summed E-state index contributed by atoms with van der Waals surface area (Å²) in [6.07, 6.45) is -1.74. The first-order chi connectivity index (χ1) is 9.94. The minimum Gasteiger partial charge on any atom is -0.470 e. The van der Waals surface area contributed by atoms with Crippen LogP contribution in [0.1, 0.15) is 13.3 Å². The summed E-state index contributed by atoms with van der Waals surface area (Å²) >= 11 is 0. The Morgan fingerprint density at radius 2 is 2.14 bits per heavy atom. The SMILES string of the molecule is CCCNc1nc(OCC(F)(F)C(F)F)c2cn[nH]c2n1. The molecule has 0 radical (unpaired) electrons. The lowest BCUT2D eigenvalue weighted by molar-refractivity contribution is -0.148.